The van der Waals surface area contributed by atoms with Crippen molar-refractivity contribution in [1.82, 2.24) is 0 Å². The van der Waals surface area contributed by atoms with Crippen LogP contribution in [0.15, 0.2) is 36.4 Å². The quantitative estimate of drug-likeness (QED) is 0.782. The Morgan fingerprint density at radius 1 is 1.16 bits per heavy atom. The lowest BCUT2D eigenvalue weighted by molar-refractivity contribution is 0.0522. The summed E-state index contributed by atoms with van der Waals surface area (Å²) in [5.41, 5.74) is 0.508. The Morgan fingerprint density at radius 2 is 1.89 bits per heavy atom. The molecule has 0 unspecified atom stereocenters. The number of hydrogen-bond donors (Lipinski definition) is 0. The van der Waals surface area contributed by atoms with Crippen LogP contribution < -0.4 is 4.74 Å². The smallest absolute Gasteiger partial charge is 0.342 e. The maximum Gasteiger partial charge on any atom is 0.342 e. The molecule has 0 aliphatic heterocycles. The molecular weight excluding hydrogens is 240 g/mol. The van der Waals surface area contributed by atoms with E-state index in [0.717, 1.165) is 10.8 Å². The Balaban J connectivity index is 2.60. The van der Waals surface area contributed by atoms with Crippen LogP contribution in [0.3, 0.4) is 0 Å². The van der Waals surface area contributed by atoms with Crippen LogP contribution in [0.1, 0.15) is 31.1 Å². The van der Waals surface area contributed by atoms with Gasteiger partial charge in [-0.1, -0.05) is 30.3 Å². The van der Waals surface area contributed by atoms with Crippen molar-refractivity contribution in [2.75, 3.05) is 6.61 Å². The van der Waals surface area contributed by atoms with Crippen LogP contribution in [0, 0.1) is 0 Å². The SMILES string of the molecule is CCOC(=O)c1c(OC(C)C)ccc2ccccc12. The minimum Gasteiger partial charge on any atom is -0.490 e. The summed E-state index contributed by atoms with van der Waals surface area (Å²) in [5, 5.41) is 1.86. The van der Waals surface area contributed by atoms with Crippen molar-refractivity contribution in [2.24, 2.45) is 0 Å². The summed E-state index contributed by atoms with van der Waals surface area (Å²) >= 11 is 0. The summed E-state index contributed by atoms with van der Waals surface area (Å²) in [7, 11) is 0. The van der Waals surface area contributed by atoms with Gasteiger partial charge in [0.05, 0.1) is 12.7 Å². The van der Waals surface area contributed by atoms with Crippen LogP contribution >= 0.6 is 0 Å². The lowest BCUT2D eigenvalue weighted by atomic mass is 10.0. The van der Waals surface area contributed by atoms with Gasteiger partial charge in [0.25, 0.3) is 0 Å². The minimum absolute atomic E-state index is 0.00865. The number of hydrogen-bond acceptors (Lipinski definition) is 3. The zero-order valence-electron chi connectivity index (χ0n) is 11.5. The topological polar surface area (TPSA) is 35.5 Å². The average molecular weight is 258 g/mol. The van der Waals surface area contributed by atoms with Crippen LogP contribution in [0.4, 0.5) is 0 Å². The molecule has 19 heavy (non-hydrogen) atoms. The number of fused-ring (bicyclic) bond motifs is 1. The average Bonchev–Trinajstić information content (AvgIpc) is 2.38. The standard InChI is InChI=1S/C16H18O3/c1-4-18-16(17)15-13-8-6-5-7-12(13)9-10-14(15)19-11(2)3/h5-11H,4H2,1-3H3. The minimum atomic E-state index is -0.338. The molecule has 0 bridgehead atoms. The first-order valence-electron chi connectivity index (χ1n) is 6.49. The number of rotatable bonds is 4. The number of carbonyl (C=O) groups is 1. The van der Waals surface area contributed by atoms with Gasteiger partial charge < -0.3 is 9.47 Å². The van der Waals surface area contributed by atoms with Gasteiger partial charge in [-0.25, -0.2) is 4.79 Å². The van der Waals surface area contributed by atoms with Gasteiger partial charge in [-0.15, -0.1) is 0 Å². The molecule has 0 amide bonds. The summed E-state index contributed by atoms with van der Waals surface area (Å²) in [4.78, 5) is 12.2. The van der Waals surface area contributed by atoms with E-state index in [-0.39, 0.29) is 12.1 Å². The van der Waals surface area contributed by atoms with Crippen LogP contribution in [-0.2, 0) is 4.74 Å². The second kappa shape index (κ2) is 5.74. The van der Waals surface area contributed by atoms with Crippen molar-refractivity contribution in [3.05, 3.63) is 42.0 Å². The Bertz CT molecular complexity index is 588. The summed E-state index contributed by atoms with van der Waals surface area (Å²) in [6.07, 6.45) is 0.00865. The molecule has 2 aromatic carbocycles. The number of ether oxygens (including phenoxy) is 2. The zero-order chi connectivity index (χ0) is 13.8. The summed E-state index contributed by atoms with van der Waals surface area (Å²) in [5.74, 6) is 0.238. The molecule has 100 valence electrons. The van der Waals surface area contributed by atoms with Gasteiger partial charge in [0.15, 0.2) is 0 Å². The molecule has 2 rings (SSSR count). The first-order chi connectivity index (χ1) is 9.13. The molecule has 0 saturated heterocycles. The van der Waals surface area contributed by atoms with E-state index in [0.29, 0.717) is 17.9 Å². The van der Waals surface area contributed by atoms with Crippen LogP contribution in [0.5, 0.6) is 5.75 Å². The van der Waals surface area contributed by atoms with Gasteiger partial charge in [0, 0.05) is 0 Å². The first-order valence-corrected chi connectivity index (χ1v) is 6.49. The fourth-order valence-corrected chi connectivity index (χ4v) is 2.02. The molecule has 3 heteroatoms. The Kier molecular flexibility index (Phi) is 4.05. The second-order valence-corrected chi connectivity index (χ2v) is 4.55. The van der Waals surface area contributed by atoms with E-state index in [9.17, 15) is 4.79 Å². The molecule has 0 saturated carbocycles. The third-order valence-corrected chi connectivity index (χ3v) is 2.73. The molecular formula is C16H18O3. The maximum absolute atomic E-state index is 12.2. The molecule has 0 aromatic heterocycles. The van der Waals surface area contributed by atoms with Gasteiger partial charge in [-0.05, 0) is 37.6 Å². The van der Waals surface area contributed by atoms with Crippen LogP contribution in [0.25, 0.3) is 10.8 Å². The van der Waals surface area contributed by atoms with E-state index >= 15 is 0 Å². The van der Waals surface area contributed by atoms with Crippen molar-refractivity contribution in [3.8, 4) is 5.75 Å². The molecule has 0 heterocycles. The van der Waals surface area contributed by atoms with Crippen LogP contribution in [0.2, 0.25) is 0 Å². The van der Waals surface area contributed by atoms with E-state index in [2.05, 4.69) is 0 Å². The van der Waals surface area contributed by atoms with Crippen molar-refractivity contribution in [3.63, 3.8) is 0 Å². The number of esters is 1. The molecule has 0 aliphatic rings. The predicted octanol–water partition coefficient (Wildman–Crippen LogP) is 3.80. The van der Waals surface area contributed by atoms with Crippen LogP contribution in [-0.4, -0.2) is 18.7 Å². The molecule has 3 nitrogen and oxygen atoms in total. The molecule has 0 spiro atoms. The van der Waals surface area contributed by atoms with Crippen molar-refractivity contribution in [1.29, 1.82) is 0 Å². The monoisotopic (exact) mass is 258 g/mol. The Labute approximate surface area is 113 Å². The first kappa shape index (κ1) is 13.4. The van der Waals surface area contributed by atoms with E-state index in [4.69, 9.17) is 9.47 Å². The van der Waals surface area contributed by atoms with Crippen molar-refractivity contribution in [2.45, 2.75) is 26.9 Å². The van der Waals surface area contributed by atoms with Gasteiger partial charge >= 0.3 is 5.97 Å². The highest BCUT2D eigenvalue weighted by molar-refractivity contribution is 6.07. The Hall–Kier alpha value is -2.03. The third kappa shape index (κ3) is 2.87. The highest BCUT2D eigenvalue weighted by Crippen LogP contribution is 2.29. The normalized spacial score (nSPS) is 10.7. The summed E-state index contributed by atoms with van der Waals surface area (Å²) in [6.45, 7) is 6.02. The fourth-order valence-electron chi connectivity index (χ4n) is 2.02. The highest BCUT2D eigenvalue weighted by Gasteiger charge is 2.18. The van der Waals surface area contributed by atoms with Crippen molar-refractivity contribution >= 4 is 16.7 Å². The van der Waals surface area contributed by atoms with E-state index < -0.39 is 0 Å². The molecule has 0 N–H and O–H groups in total. The second-order valence-electron chi connectivity index (χ2n) is 4.55. The van der Waals surface area contributed by atoms with E-state index in [1.54, 1.807) is 6.92 Å². The lowest BCUT2D eigenvalue weighted by Gasteiger charge is -2.15. The predicted molar refractivity (Wildman–Crippen MR) is 75.7 cm³/mol. The molecule has 0 fully saturated rings. The zero-order valence-corrected chi connectivity index (χ0v) is 11.5. The fraction of sp³-hybridized carbons (Fsp3) is 0.312. The molecule has 0 radical (unpaired) electrons. The van der Waals surface area contributed by atoms with Gasteiger partial charge in [-0.3, -0.25) is 0 Å². The third-order valence-electron chi connectivity index (χ3n) is 2.73. The molecule has 0 atom stereocenters. The Morgan fingerprint density at radius 3 is 2.58 bits per heavy atom. The summed E-state index contributed by atoms with van der Waals surface area (Å²) in [6, 6.07) is 11.5. The number of benzene rings is 2. The van der Waals surface area contributed by atoms with Crippen molar-refractivity contribution < 1.29 is 14.3 Å². The number of carbonyl (C=O) groups excluding carboxylic acids is 1. The molecule has 0 aliphatic carbocycles. The maximum atomic E-state index is 12.2. The van der Waals surface area contributed by atoms with E-state index in [1.807, 2.05) is 50.2 Å². The highest BCUT2D eigenvalue weighted by atomic mass is 16.5. The van der Waals surface area contributed by atoms with Gasteiger partial charge in [0.2, 0.25) is 0 Å². The summed E-state index contributed by atoms with van der Waals surface area (Å²) < 4.78 is 10.9. The van der Waals surface area contributed by atoms with E-state index in [1.165, 1.54) is 0 Å². The van der Waals surface area contributed by atoms with Gasteiger partial charge in [-0.2, -0.15) is 0 Å². The largest absolute Gasteiger partial charge is 0.490 e. The molecule has 2 aromatic rings. The lowest BCUT2D eigenvalue weighted by Crippen LogP contribution is -2.12. The van der Waals surface area contributed by atoms with Gasteiger partial charge in [0.1, 0.15) is 11.3 Å².